The van der Waals surface area contributed by atoms with Crippen molar-refractivity contribution in [3.05, 3.63) is 16.3 Å². The Morgan fingerprint density at radius 3 is 2.42 bits per heavy atom. The zero-order valence-corrected chi connectivity index (χ0v) is 15.5. The second kappa shape index (κ2) is 7.51. The van der Waals surface area contributed by atoms with Crippen molar-refractivity contribution in [1.82, 2.24) is 19.2 Å². The van der Waals surface area contributed by atoms with Crippen LogP contribution in [0.4, 0.5) is 0 Å². The van der Waals surface area contributed by atoms with Crippen LogP contribution in [0.25, 0.3) is 0 Å². The average molecular weight is 338 g/mol. The summed E-state index contributed by atoms with van der Waals surface area (Å²) in [5.41, 5.74) is -0.419. The van der Waals surface area contributed by atoms with Gasteiger partial charge in [-0.25, -0.2) is 9.48 Å². The molecule has 136 valence electrons. The zero-order valence-electron chi connectivity index (χ0n) is 15.5. The van der Waals surface area contributed by atoms with Gasteiger partial charge >= 0.3 is 5.69 Å². The van der Waals surface area contributed by atoms with Gasteiger partial charge in [-0.15, -0.1) is 0 Å². The number of rotatable bonds is 5. The third-order valence-electron chi connectivity index (χ3n) is 4.56. The third kappa shape index (κ3) is 3.88. The van der Waals surface area contributed by atoms with Crippen LogP contribution < -0.4 is 5.69 Å². The summed E-state index contributed by atoms with van der Waals surface area (Å²) in [6, 6.07) is 0. The van der Waals surface area contributed by atoms with E-state index in [0.717, 1.165) is 31.8 Å². The van der Waals surface area contributed by atoms with Crippen LogP contribution in [0.1, 0.15) is 52.3 Å². The minimum Gasteiger partial charge on any atom is -0.383 e. The van der Waals surface area contributed by atoms with Crippen molar-refractivity contribution in [1.29, 1.82) is 0 Å². The van der Waals surface area contributed by atoms with Gasteiger partial charge in [-0.1, -0.05) is 20.8 Å². The quantitative estimate of drug-likeness (QED) is 0.815. The summed E-state index contributed by atoms with van der Waals surface area (Å²) in [5.74, 6) is 1.27. The summed E-state index contributed by atoms with van der Waals surface area (Å²) in [4.78, 5) is 26.8. The smallest absolute Gasteiger partial charge is 0.345 e. The second-order valence-corrected chi connectivity index (χ2v) is 7.42. The molecule has 0 aliphatic carbocycles. The minimum atomic E-state index is -0.347. The first-order valence-electron chi connectivity index (χ1n) is 8.75. The Balaban J connectivity index is 2.11. The summed E-state index contributed by atoms with van der Waals surface area (Å²) in [6.07, 6.45) is 1.70. The van der Waals surface area contributed by atoms with E-state index >= 15 is 0 Å². The van der Waals surface area contributed by atoms with E-state index in [1.165, 1.54) is 4.68 Å². The largest absolute Gasteiger partial charge is 0.383 e. The maximum Gasteiger partial charge on any atom is 0.345 e. The predicted molar refractivity (Wildman–Crippen MR) is 92.0 cm³/mol. The van der Waals surface area contributed by atoms with Crippen molar-refractivity contribution in [3.63, 3.8) is 0 Å². The highest BCUT2D eigenvalue weighted by Crippen LogP contribution is 2.28. The van der Waals surface area contributed by atoms with Gasteiger partial charge in [-0.05, 0) is 19.8 Å². The van der Waals surface area contributed by atoms with Crippen LogP contribution in [0, 0.1) is 5.41 Å². The number of piperidine rings is 1. The van der Waals surface area contributed by atoms with Crippen LogP contribution in [0.15, 0.2) is 4.79 Å². The molecule has 0 atom stereocenters. The molecule has 1 aromatic heterocycles. The van der Waals surface area contributed by atoms with Gasteiger partial charge in [0.1, 0.15) is 5.82 Å². The average Bonchev–Trinajstić information content (AvgIpc) is 2.87. The molecule has 7 nitrogen and oxygen atoms in total. The monoisotopic (exact) mass is 338 g/mol. The van der Waals surface area contributed by atoms with Gasteiger partial charge in [0.05, 0.1) is 13.2 Å². The van der Waals surface area contributed by atoms with E-state index in [2.05, 4.69) is 5.10 Å². The van der Waals surface area contributed by atoms with E-state index in [1.807, 2.05) is 32.6 Å². The molecule has 1 saturated heterocycles. The lowest BCUT2D eigenvalue weighted by atomic mass is 9.90. The van der Waals surface area contributed by atoms with E-state index in [4.69, 9.17) is 4.74 Å². The number of likely N-dealkylation sites (tertiary alicyclic amines) is 1. The number of amides is 1. The Kier molecular flexibility index (Phi) is 5.85. The minimum absolute atomic E-state index is 0.0715. The summed E-state index contributed by atoms with van der Waals surface area (Å²) in [5, 5.41) is 4.54. The second-order valence-electron chi connectivity index (χ2n) is 7.42. The lowest BCUT2D eigenvalue weighted by molar-refractivity contribution is -0.140. The summed E-state index contributed by atoms with van der Waals surface area (Å²) >= 11 is 0. The Labute approximate surface area is 143 Å². The van der Waals surface area contributed by atoms with E-state index < -0.39 is 0 Å². The normalized spacial score (nSPS) is 16.6. The molecule has 0 unspecified atom stereocenters. The van der Waals surface area contributed by atoms with Crippen molar-refractivity contribution >= 4 is 5.91 Å². The highest BCUT2D eigenvalue weighted by molar-refractivity contribution is 5.81. The van der Waals surface area contributed by atoms with Crippen molar-refractivity contribution < 1.29 is 9.53 Å². The van der Waals surface area contributed by atoms with E-state index in [1.54, 1.807) is 11.7 Å². The molecule has 0 bridgehead atoms. The molecular weight excluding hydrogens is 308 g/mol. The van der Waals surface area contributed by atoms with Crippen LogP contribution in [0.5, 0.6) is 0 Å². The molecule has 2 heterocycles. The molecule has 24 heavy (non-hydrogen) atoms. The molecule has 2 rings (SSSR count). The standard InChI is InChI=1S/C17H30N4O3/c1-6-20-14(18-21(16(20)23)11-12-24-5)13-7-9-19(10-8-13)15(22)17(2,3)4/h13H,6-12H2,1-5H3. The summed E-state index contributed by atoms with van der Waals surface area (Å²) in [6.45, 7) is 10.8. The molecule has 1 aromatic rings. The van der Waals surface area contributed by atoms with Gasteiger partial charge in [0.2, 0.25) is 5.91 Å². The molecule has 0 radical (unpaired) electrons. The number of aromatic nitrogens is 3. The zero-order chi connectivity index (χ0) is 17.9. The first-order chi connectivity index (χ1) is 11.3. The fourth-order valence-corrected chi connectivity index (χ4v) is 3.20. The first-order valence-corrected chi connectivity index (χ1v) is 8.75. The molecule has 0 N–H and O–H groups in total. The number of methoxy groups -OCH3 is 1. The highest BCUT2D eigenvalue weighted by Gasteiger charge is 2.32. The van der Waals surface area contributed by atoms with Crippen LogP contribution >= 0.6 is 0 Å². The number of hydrogen-bond donors (Lipinski definition) is 0. The van der Waals surface area contributed by atoms with Crippen molar-refractivity contribution in [2.75, 3.05) is 26.8 Å². The Morgan fingerprint density at radius 2 is 1.92 bits per heavy atom. The SMILES string of the molecule is CCn1c(C2CCN(C(=O)C(C)(C)C)CC2)nn(CCOC)c1=O. The number of hydrogen-bond acceptors (Lipinski definition) is 4. The van der Waals surface area contributed by atoms with Crippen LogP contribution in [0.3, 0.4) is 0 Å². The van der Waals surface area contributed by atoms with Gasteiger partial charge in [-0.2, -0.15) is 5.10 Å². The Bertz CT molecular complexity index is 619. The van der Waals surface area contributed by atoms with Gasteiger partial charge < -0.3 is 9.64 Å². The molecule has 0 aromatic carbocycles. The van der Waals surface area contributed by atoms with E-state index in [-0.39, 0.29) is 22.9 Å². The molecule has 0 spiro atoms. The van der Waals surface area contributed by atoms with Crippen LogP contribution in [-0.2, 0) is 22.6 Å². The maximum atomic E-state index is 12.4. The number of carbonyl (C=O) groups excluding carboxylic acids is 1. The van der Waals surface area contributed by atoms with Crippen molar-refractivity contribution in [2.45, 2.75) is 59.5 Å². The van der Waals surface area contributed by atoms with Crippen molar-refractivity contribution in [2.24, 2.45) is 5.41 Å². The molecule has 7 heteroatoms. The first kappa shape index (κ1) is 18.7. The fourth-order valence-electron chi connectivity index (χ4n) is 3.20. The van der Waals surface area contributed by atoms with Crippen LogP contribution in [0.2, 0.25) is 0 Å². The number of carbonyl (C=O) groups is 1. The summed E-state index contributed by atoms with van der Waals surface area (Å²) < 4.78 is 8.29. The van der Waals surface area contributed by atoms with E-state index in [9.17, 15) is 9.59 Å². The maximum absolute atomic E-state index is 12.4. The molecule has 0 saturated carbocycles. The fraction of sp³-hybridized carbons (Fsp3) is 0.824. The highest BCUT2D eigenvalue weighted by atomic mass is 16.5. The summed E-state index contributed by atoms with van der Waals surface area (Å²) in [7, 11) is 1.62. The van der Waals surface area contributed by atoms with Gasteiger partial charge in [0.25, 0.3) is 0 Å². The third-order valence-corrected chi connectivity index (χ3v) is 4.56. The number of nitrogens with zero attached hydrogens (tertiary/aromatic N) is 4. The molecule has 1 amide bonds. The van der Waals surface area contributed by atoms with Crippen LogP contribution in [-0.4, -0.2) is 52.0 Å². The van der Waals surface area contributed by atoms with Gasteiger partial charge in [-0.3, -0.25) is 9.36 Å². The Hall–Kier alpha value is -1.63. The molecule has 1 fully saturated rings. The van der Waals surface area contributed by atoms with Gasteiger partial charge in [0.15, 0.2) is 0 Å². The lowest BCUT2D eigenvalue weighted by Gasteiger charge is -2.35. The Morgan fingerprint density at radius 1 is 1.29 bits per heavy atom. The molecule has 1 aliphatic heterocycles. The molecular formula is C17H30N4O3. The van der Waals surface area contributed by atoms with Crippen molar-refractivity contribution in [3.8, 4) is 0 Å². The predicted octanol–water partition coefficient (Wildman–Crippen LogP) is 1.46. The molecule has 1 aliphatic rings. The van der Waals surface area contributed by atoms with Gasteiger partial charge in [0, 0.05) is 38.1 Å². The van der Waals surface area contributed by atoms with E-state index in [0.29, 0.717) is 19.7 Å². The lowest BCUT2D eigenvalue weighted by Crippen LogP contribution is -2.44. The number of ether oxygens (including phenoxy) is 1. The topological polar surface area (TPSA) is 69.4 Å².